The molecule has 2 nitrogen and oxygen atoms in total. The molecule has 126 valence electrons. The highest BCUT2D eigenvalue weighted by Gasteiger charge is 2.31. The largest absolute Gasteiger partial charge is 0.308 e. The van der Waals surface area contributed by atoms with Gasteiger partial charge in [0, 0.05) is 6.04 Å². The summed E-state index contributed by atoms with van der Waals surface area (Å²) in [5.74, 6) is -1.34. The average Bonchev–Trinajstić information content (AvgIpc) is 2.71. The summed E-state index contributed by atoms with van der Waals surface area (Å²) in [5, 5.41) is 3.12. The molecule has 1 aliphatic carbocycles. The molecule has 0 heterocycles. The highest BCUT2D eigenvalue weighted by Crippen LogP contribution is 2.36. The van der Waals surface area contributed by atoms with Crippen LogP contribution in [0.1, 0.15) is 42.0 Å². The van der Waals surface area contributed by atoms with E-state index in [4.69, 9.17) is 0 Å². The SMILES string of the molecule is CC(C)NCC(=O)C1c2cccc(F)c2CCc2c(F)cccc21. The van der Waals surface area contributed by atoms with Gasteiger partial charge in [0.2, 0.25) is 0 Å². The molecule has 0 atom stereocenters. The fourth-order valence-electron chi connectivity index (χ4n) is 3.39. The van der Waals surface area contributed by atoms with Crippen LogP contribution in [0.2, 0.25) is 0 Å². The normalized spacial score (nSPS) is 14.2. The van der Waals surface area contributed by atoms with Crippen LogP contribution in [0.5, 0.6) is 0 Å². The number of hydrogen-bond donors (Lipinski definition) is 1. The van der Waals surface area contributed by atoms with Gasteiger partial charge < -0.3 is 5.32 Å². The first-order chi connectivity index (χ1) is 11.5. The Hall–Kier alpha value is -2.07. The second-order valence-corrected chi connectivity index (χ2v) is 6.55. The van der Waals surface area contributed by atoms with Crippen LogP contribution in [-0.4, -0.2) is 18.4 Å². The van der Waals surface area contributed by atoms with Crippen LogP contribution >= 0.6 is 0 Å². The monoisotopic (exact) mass is 329 g/mol. The Bertz CT molecular complexity index is 717. The molecule has 4 heteroatoms. The van der Waals surface area contributed by atoms with Gasteiger partial charge in [-0.25, -0.2) is 8.78 Å². The van der Waals surface area contributed by atoms with Gasteiger partial charge in [0.1, 0.15) is 11.6 Å². The first kappa shape index (κ1) is 16.8. The topological polar surface area (TPSA) is 29.1 Å². The summed E-state index contributed by atoms with van der Waals surface area (Å²) in [6.07, 6.45) is 0.800. The van der Waals surface area contributed by atoms with Crippen molar-refractivity contribution in [1.82, 2.24) is 5.32 Å². The Morgan fingerprint density at radius 3 is 2.00 bits per heavy atom. The molecule has 1 aliphatic rings. The van der Waals surface area contributed by atoms with E-state index in [1.165, 1.54) is 12.1 Å². The van der Waals surface area contributed by atoms with Gasteiger partial charge in [0.05, 0.1) is 12.5 Å². The van der Waals surface area contributed by atoms with Gasteiger partial charge in [-0.1, -0.05) is 38.1 Å². The molecule has 0 radical (unpaired) electrons. The maximum Gasteiger partial charge on any atom is 0.158 e. The van der Waals surface area contributed by atoms with Gasteiger partial charge in [-0.05, 0) is 47.2 Å². The van der Waals surface area contributed by atoms with Crippen molar-refractivity contribution in [2.75, 3.05) is 6.54 Å². The van der Waals surface area contributed by atoms with Crippen LogP contribution in [0.3, 0.4) is 0 Å². The standard InChI is InChI=1S/C20H21F2NO/c1-12(2)23-11-19(24)20-15-5-3-7-17(21)13(15)9-10-14-16(20)6-4-8-18(14)22/h3-8,12,20,23H,9-11H2,1-2H3. The molecule has 0 amide bonds. The van der Waals surface area contributed by atoms with Crippen molar-refractivity contribution >= 4 is 5.78 Å². The number of nitrogens with one attached hydrogen (secondary N) is 1. The van der Waals surface area contributed by atoms with Crippen molar-refractivity contribution in [2.24, 2.45) is 0 Å². The molecule has 24 heavy (non-hydrogen) atoms. The highest BCUT2D eigenvalue weighted by atomic mass is 19.1. The third kappa shape index (κ3) is 3.11. The summed E-state index contributed by atoms with van der Waals surface area (Å²) in [4.78, 5) is 12.9. The van der Waals surface area contributed by atoms with E-state index in [1.807, 2.05) is 13.8 Å². The molecule has 0 unspecified atom stereocenters. The number of hydrogen-bond acceptors (Lipinski definition) is 2. The van der Waals surface area contributed by atoms with Crippen molar-refractivity contribution in [3.05, 3.63) is 70.3 Å². The zero-order chi connectivity index (χ0) is 17.3. The minimum absolute atomic E-state index is 0.0655. The number of rotatable bonds is 4. The van der Waals surface area contributed by atoms with Crippen LogP contribution < -0.4 is 5.32 Å². The molecule has 1 N–H and O–H groups in total. The number of benzene rings is 2. The Morgan fingerprint density at radius 2 is 1.54 bits per heavy atom. The van der Waals surface area contributed by atoms with E-state index in [0.29, 0.717) is 35.1 Å². The molecule has 3 rings (SSSR count). The van der Waals surface area contributed by atoms with E-state index in [0.717, 1.165) is 0 Å². The van der Waals surface area contributed by atoms with E-state index in [2.05, 4.69) is 5.32 Å². The fraction of sp³-hybridized carbons (Fsp3) is 0.350. The van der Waals surface area contributed by atoms with Crippen molar-refractivity contribution in [1.29, 1.82) is 0 Å². The van der Waals surface area contributed by atoms with Crippen molar-refractivity contribution < 1.29 is 13.6 Å². The zero-order valence-electron chi connectivity index (χ0n) is 13.9. The average molecular weight is 329 g/mol. The van der Waals surface area contributed by atoms with E-state index in [-0.39, 0.29) is 30.0 Å². The molecular weight excluding hydrogens is 308 g/mol. The molecule has 0 spiro atoms. The van der Waals surface area contributed by atoms with Gasteiger partial charge in [-0.3, -0.25) is 4.79 Å². The lowest BCUT2D eigenvalue weighted by Crippen LogP contribution is -2.32. The Morgan fingerprint density at radius 1 is 1.04 bits per heavy atom. The van der Waals surface area contributed by atoms with E-state index < -0.39 is 5.92 Å². The molecule has 0 aliphatic heterocycles. The fourth-order valence-corrected chi connectivity index (χ4v) is 3.39. The van der Waals surface area contributed by atoms with Gasteiger partial charge in [0.15, 0.2) is 5.78 Å². The van der Waals surface area contributed by atoms with Gasteiger partial charge in [0.25, 0.3) is 0 Å². The molecule has 0 bridgehead atoms. The lowest BCUT2D eigenvalue weighted by atomic mass is 9.84. The highest BCUT2D eigenvalue weighted by molar-refractivity contribution is 5.91. The smallest absolute Gasteiger partial charge is 0.158 e. The van der Waals surface area contributed by atoms with Gasteiger partial charge in [-0.2, -0.15) is 0 Å². The predicted molar refractivity (Wildman–Crippen MR) is 90.2 cm³/mol. The second-order valence-electron chi connectivity index (χ2n) is 6.55. The lowest BCUT2D eigenvalue weighted by molar-refractivity contribution is -0.118. The first-order valence-corrected chi connectivity index (χ1v) is 8.29. The summed E-state index contributed by atoms with van der Waals surface area (Å²) < 4.78 is 28.6. The molecule has 0 fully saturated rings. The molecule has 0 aromatic heterocycles. The molecule has 0 saturated carbocycles. The van der Waals surface area contributed by atoms with Crippen molar-refractivity contribution in [3.8, 4) is 0 Å². The van der Waals surface area contributed by atoms with E-state index in [1.54, 1.807) is 24.3 Å². The molecule has 2 aromatic rings. The molecule has 0 saturated heterocycles. The quantitative estimate of drug-likeness (QED) is 0.925. The summed E-state index contributed by atoms with van der Waals surface area (Å²) in [6, 6.07) is 9.78. The van der Waals surface area contributed by atoms with E-state index >= 15 is 0 Å². The van der Waals surface area contributed by atoms with Crippen LogP contribution in [0.4, 0.5) is 8.78 Å². The van der Waals surface area contributed by atoms with Crippen LogP contribution in [-0.2, 0) is 17.6 Å². The third-order valence-electron chi connectivity index (χ3n) is 4.56. The Kier molecular flexibility index (Phi) is 4.76. The Balaban J connectivity index is 2.12. The predicted octanol–water partition coefficient (Wildman–Crippen LogP) is 3.76. The van der Waals surface area contributed by atoms with E-state index in [9.17, 15) is 13.6 Å². The minimum atomic E-state index is -0.629. The van der Waals surface area contributed by atoms with Crippen LogP contribution in [0.25, 0.3) is 0 Å². The number of fused-ring (bicyclic) bond motifs is 2. The second kappa shape index (κ2) is 6.81. The first-order valence-electron chi connectivity index (χ1n) is 8.29. The van der Waals surface area contributed by atoms with Gasteiger partial charge >= 0.3 is 0 Å². The number of ketones is 1. The van der Waals surface area contributed by atoms with Crippen molar-refractivity contribution in [2.45, 2.75) is 38.6 Å². The van der Waals surface area contributed by atoms with Crippen LogP contribution in [0, 0.1) is 11.6 Å². The zero-order valence-corrected chi connectivity index (χ0v) is 13.9. The number of halogens is 2. The summed E-state index contributed by atoms with van der Waals surface area (Å²) in [7, 11) is 0. The van der Waals surface area contributed by atoms with Gasteiger partial charge in [-0.15, -0.1) is 0 Å². The lowest BCUT2D eigenvalue weighted by Gasteiger charge is -2.20. The molecule has 2 aromatic carbocycles. The Labute approximate surface area is 140 Å². The summed E-state index contributed by atoms with van der Waals surface area (Å²) in [5.41, 5.74) is 2.37. The van der Waals surface area contributed by atoms with Crippen molar-refractivity contribution in [3.63, 3.8) is 0 Å². The third-order valence-corrected chi connectivity index (χ3v) is 4.56. The number of Topliss-reactive ketones (excluding diaryl/α,β-unsaturated/α-hetero) is 1. The number of carbonyl (C=O) groups is 1. The number of carbonyl (C=O) groups excluding carboxylic acids is 1. The maximum atomic E-state index is 14.3. The summed E-state index contributed by atoms with van der Waals surface area (Å²) in [6.45, 7) is 4.09. The van der Waals surface area contributed by atoms with Crippen LogP contribution in [0.15, 0.2) is 36.4 Å². The minimum Gasteiger partial charge on any atom is -0.308 e. The summed E-state index contributed by atoms with van der Waals surface area (Å²) >= 11 is 0. The maximum absolute atomic E-state index is 14.3. The molecular formula is C20H21F2NO.